The van der Waals surface area contributed by atoms with Gasteiger partial charge in [-0.05, 0) is 19.1 Å². The van der Waals surface area contributed by atoms with Crippen LogP contribution in [0.25, 0.3) is 0 Å². The van der Waals surface area contributed by atoms with E-state index in [0.717, 1.165) is 0 Å². The average molecular weight is 254 g/mol. The highest BCUT2D eigenvalue weighted by Gasteiger charge is 2.20. The van der Waals surface area contributed by atoms with Crippen LogP contribution in [-0.2, 0) is 4.74 Å². The maximum absolute atomic E-state index is 10.8. The molecule has 1 aromatic rings. The average Bonchev–Trinajstić information content (AvgIpc) is 2.35. The fourth-order valence-corrected chi connectivity index (χ4v) is 1.32. The quantitative estimate of drug-likeness (QED) is 0.592. The highest BCUT2D eigenvalue weighted by molar-refractivity contribution is 5.93. The first kappa shape index (κ1) is 13.9. The smallest absolute Gasteiger partial charge is 0.342 e. The van der Waals surface area contributed by atoms with Gasteiger partial charge < -0.3 is 15.2 Å². The number of nitro benzene ring substituents is 1. The molecular weight excluding hydrogens is 240 g/mol. The van der Waals surface area contributed by atoms with Crippen LogP contribution in [0.3, 0.4) is 0 Å². The zero-order valence-electron chi connectivity index (χ0n) is 10.0. The molecule has 0 bridgehead atoms. The Kier molecular flexibility index (Phi) is 4.61. The van der Waals surface area contributed by atoms with Gasteiger partial charge in [0.2, 0.25) is 0 Å². The maximum Gasteiger partial charge on any atom is 0.342 e. The molecule has 0 fully saturated rings. The number of nitrogens with zero attached hydrogens (tertiary/aromatic N) is 1. The van der Waals surface area contributed by atoms with Crippen molar-refractivity contribution in [2.24, 2.45) is 0 Å². The molecule has 0 aliphatic heterocycles. The van der Waals surface area contributed by atoms with E-state index in [1.807, 2.05) is 6.92 Å². The number of carboxylic acids is 1. The molecule has 1 unspecified atom stereocenters. The normalized spacial score (nSPS) is 11.9. The number of nitro groups is 1. The lowest BCUT2D eigenvalue weighted by molar-refractivity contribution is -0.385. The largest absolute Gasteiger partial charge is 0.477 e. The highest BCUT2D eigenvalue weighted by Crippen LogP contribution is 2.23. The fourth-order valence-electron chi connectivity index (χ4n) is 1.32. The maximum atomic E-state index is 10.8. The number of anilines is 1. The van der Waals surface area contributed by atoms with E-state index in [1.165, 1.54) is 18.2 Å². The van der Waals surface area contributed by atoms with Crippen LogP contribution >= 0.6 is 0 Å². The summed E-state index contributed by atoms with van der Waals surface area (Å²) < 4.78 is 5.02. The summed E-state index contributed by atoms with van der Waals surface area (Å²) in [5, 5.41) is 22.5. The molecule has 1 atom stereocenters. The Morgan fingerprint density at radius 3 is 2.78 bits per heavy atom. The second kappa shape index (κ2) is 5.97. The van der Waals surface area contributed by atoms with E-state index in [4.69, 9.17) is 9.84 Å². The number of ether oxygens (including phenoxy) is 1. The Hall–Kier alpha value is -2.15. The summed E-state index contributed by atoms with van der Waals surface area (Å²) >= 11 is 0. The molecule has 7 heteroatoms. The predicted molar refractivity (Wildman–Crippen MR) is 65.0 cm³/mol. The number of hydrogen-bond donors (Lipinski definition) is 2. The zero-order valence-corrected chi connectivity index (χ0v) is 10.0. The fraction of sp³-hybridized carbons (Fsp3) is 0.364. The van der Waals surface area contributed by atoms with E-state index >= 15 is 0 Å². The van der Waals surface area contributed by atoms with Crippen LogP contribution in [0.5, 0.6) is 0 Å². The third-order valence-corrected chi connectivity index (χ3v) is 2.42. The van der Waals surface area contributed by atoms with Crippen molar-refractivity contribution in [3.05, 3.63) is 33.9 Å². The summed E-state index contributed by atoms with van der Waals surface area (Å²) in [6.45, 7) is 2.31. The molecule has 18 heavy (non-hydrogen) atoms. The van der Waals surface area contributed by atoms with Crippen LogP contribution < -0.4 is 5.32 Å². The number of methoxy groups -OCH3 is 1. The Labute approximate surface area is 104 Å². The summed E-state index contributed by atoms with van der Waals surface area (Å²) in [6, 6.07) is 3.89. The molecule has 0 saturated carbocycles. The van der Waals surface area contributed by atoms with Gasteiger partial charge in [-0.1, -0.05) is 0 Å². The molecule has 1 rings (SSSR count). The van der Waals surface area contributed by atoms with Gasteiger partial charge in [0, 0.05) is 25.4 Å². The first-order valence-electron chi connectivity index (χ1n) is 5.24. The van der Waals surface area contributed by atoms with E-state index < -0.39 is 16.6 Å². The minimum Gasteiger partial charge on any atom is -0.477 e. The van der Waals surface area contributed by atoms with Crippen molar-refractivity contribution in [1.29, 1.82) is 0 Å². The van der Waals surface area contributed by atoms with Crippen molar-refractivity contribution < 1.29 is 19.6 Å². The van der Waals surface area contributed by atoms with Gasteiger partial charge in [0.15, 0.2) is 0 Å². The Bertz CT molecular complexity index is 461. The van der Waals surface area contributed by atoms with Crippen LogP contribution in [0.1, 0.15) is 17.3 Å². The minimum absolute atomic E-state index is 0.0526. The third kappa shape index (κ3) is 3.42. The van der Waals surface area contributed by atoms with Gasteiger partial charge in [-0.15, -0.1) is 0 Å². The Morgan fingerprint density at radius 1 is 1.61 bits per heavy atom. The molecule has 0 radical (unpaired) electrons. The number of nitrogens with one attached hydrogen (secondary N) is 1. The molecule has 0 saturated heterocycles. The summed E-state index contributed by atoms with van der Waals surface area (Å²) in [5.41, 5.74) is -0.279. The van der Waals surface area contributed by atoms with Crippen molar-refractivity contribution >= 4 is 17.3 Å². The first-order valence-corrected chi connectivity index (χ1v) is 5.24. The SMILES string of the molecule is COC(C)CNc1ccc(C(=O)O)c([N+](=O)[O-])c1. The topological polar surface area (TPSA) is 102 Å². The van der Waals surface area contributed by atoms with E-state index in [-0.39, 0.29) is 11.7 Å². The Morgan fingerprint density at radius 2 is 2.28 bits per heavy atom. The van der Waals surface area contributed by atoms with E-state index in [1.54, 1.807) is 7.11 Å². The monoisotopic (exact) mass is 254 g/mol. The van der Waals surface area contributed by atoms with Gasteiger partial charge in [0.25, 0.3) is 5.69 Å². The van der Waals surface area contributed by atoms with Crippen LogP contribution in [0.2, 0.25) is 0 Å². The lowest BCUT2D eigenvalue weighted by Gasteiger charge is -2.12. The summed E-state index contributed by atoms with van der Waals surface area (Å²) in [7, 11) is 1.56. The van der Waals surface area contributed by atoms with Gasteiger partial charge in [0.05, 0.1) is 11.0 Å². The summed E-state index contributed by atoms with van der Waals surface area (Å²) in [4.78, 5) is 20.9. The second-order valence-electron chi connectivity index (χ2n) is 3.72. The summed E-state index contributed by atoms with van der Waals surface area (Å²) in [6.07, 6.45) is -0.0526. The van der Waals surface area contributed by atoms with Crippen molar-refractivity contribution in [3.63, 3.8) is 0 Å². The molecule has 7 nitrogen and oxygen atoms in total. The van der Waals surface area contributed by atoms with Crippen LogP contribution in [0.4, 0.5) is 11.4 Å². The molecule has 0 aliphatic carbocycles. The van der Waals surface area contributed by atoms with Crippen LogP contribution in [0.15, 0.2) is 18.2 Å². The molecule has 0 aromatic heterocycles. The van der Waals surface area contributed by atoms with E-state index in [0.29, 0.717) is 12.2 Å². The zero-order chi connectivity index (χ0) is 13.7. The predicted octanol–water partition coefficient (Wildman–Crippen LogP) is 1.74. The second-order valence-corrected chi connectivity index (χ2v) is 3.72. The number of carboxylic acid groups (broad SMARTS) is 1. The van der Waals surface area contributed by atoms with Gasteiger partial charge in [0.1, 0.15) is 5.56 Å². The standard InChI is InChI=1S/C11H14N2O5/c1-7(18-2)6-12-8-3-4-9(11(14)15)10(5-8)13(16)17/h3-5,7,12H,6H2,1-2H3,(H,14,15). The molecule has 0 amide bonds. The number of rotatable bonds is 6. The molecule has 1 aromatic carbocycles. The van der Waals surface area contributed by atoms with Gasteiger partial charge in [-0.2, -0.15) is 0 Å². The number of hydrogen-bond acceptors (Lipinski definition) is 5. The molecule has 2 N–H and O–H groups in total. The molecule has 0 spiro atoms. The molecule has 0 heterocycles. The lowest BCUT2D eigenvalue weighted by Crippen LogP contribution is -2.18. The van der Waals surface area contributed by atoms with Gasteiger partial charge in [-0.25, -0.2) is 4.79 Å². The van der Waals surface area contributed by atoms with E-state index in [9.17, 15) is 14.9 Å². The minimum atomic E-state index is -1.32. The van der Waals surface area contributed by atoms with Crippen molar-refractivity contribution in [2.75, 3.05) is 19.0 Å². The van der Waals surface area contributed by atoms with Crippen LogP contribution in [-0.4, -0.2) is 35.8 Å². The van der Waals surface area contributed by atoms with Crippen molar-refractivity contribution in [1.82, 2.24) is 0 Å². The number of benzene rings is 1. The molecular formula is C11H14N2O5. The third-order valence-electron chi connectivity index (χ3n) is 2.42. The first-order chi connectivity index (χ1) is 8.45. The summed E-state index contributed by atoms with van der Waals surface area (Å²) in [5.74, 6) is -1.32. The van der Waals surface area contributed by atoms with Crippen molar-refractivity contribution in [2.45, 2.75) is 13.0 Å². The lowest BCUT2D eigenvalue weighted by atomic mass is 10.1. The molecule has 0 aliphatic rings. The van der Waals surface area contributed by atoms with Crippen molar-refractivity contribution in [3.8, 4) is 0 Å². The Balaban J connectivity index is 2.93. The highest BCUT2D eigenvalue weighted by atomic mass is 16.6. The van der Waals surface area contributed by atoms with Crippen LogP contribution in [0, 0.1) is 10.1 Å². The van der Waals surface area contributed by atoms with E-state index in [2.05, 4.69) is 5.32 Å². The number of aromatic carboxylic acids is 1. The number of carbonyl (C=O) groups is 1. The molecule has 98 valence electrons. The van der Waals surface area contributed by atoms with Gasteiger partial charge >= 0.3 is 5.97 Å². The van der Waals surface area contributed by atoms with Gasteiger partial charge in [-0.3, -0.25) is 10.1 Å².